The molecule has 0 heterocycles. The van der Waals surface area contributed by atoms with Gasteiger partial charge in [0.05, 0.1) is 6.61 Å². The quantitative estimate of drug-likeness (QED) is 0.561. The Balaban J connectivity index is 2.61. The van der Waals surface area contributed by atoms with Gasteiger partial charge in [0.25, 0.3) is 0 Å². The molecule has 0 aliphatic rings. The Morgan fingerprint density at radius 2 is 2.29 bits per heavy atom. The molecular weight excluding hydrogens is 216 g/mol. The monoisotopic (exact) mass is 236 g/mol. The normalized spacial score (nSPS) is 10.9. The lowest BCUT2D eigenvalue weighted by molar-refractivity contribution is 0.318. The summed E-state index contributed by atoms with van der Waals surface area (Å²) in [7, 11) is 1.92. The highest BCUT2D eigenvalue weighted by molar-refractivity contribution is 5.84. The zero-order valence-corrected chi connectivity index (χ0v) is 10.4. The van der Waals surface area contributed by atoms with Crippen LogP contribution in [0.3, 0.4) is 0 Å². The van der Waals surface area contributed by atoms with E-state index in [1.807, 2.05) is 26.1 Å². The Labute approximate surface area is 102 Å². The van der Waals surface area contributed by atoms with Gasteiger partial charge in [0.2, 0.25) is 0 Å². The van der Waals surface area contributed by atoms with Crippen LogP contribution in [0.4, 0.5) is 0 Å². The second-order valence-corrected chi connectivity index (χ2v) is 3.62. The average molecular weight is 236 g/mol. The number of aromatic hydroxyl groups is 1. The Morgan fingerprint density at radius 3 is 3.00 bits per heavy atom. The second-order valence-electron chi connectivity index (χ2n) is 3.62. The fraction of sp³-hybridized carbons (Fsp3) is 0.462. The van der Waals surface area contributed by atoms with E-state index in [9.17, 15) is 5.11 Å². The highest BCUT2D eigenvalue weighted by Crippen LogP contribution is 2.28. The first-order valence-corrected chi connectivity index (χ1v) is 5.88. The van der Waals surface area contributed by atoms with Crippen molar-refractivity contribution in [3.05, 3.63) is 23.8 Å². The van der Waals surface area contributed by atoms with Crippen LogP contribution in [0.25, 0.3) is 0 Å². The summed E-state index contributed by atoms with van der Waals surface area (Å²) in [4.78, 5) is 4.26. The van der Waals surface area contributed by atoms with Gasteiger partial charge in [-0.05, 0) is 39.1 Å². The van der Waals surface area contributed by atoms with Crippen LogP contribution in [0.5, 0.6) is 11.5 Å². The Hall–Kier alpha value is -1.55. The lowest BCUT2D eigenvalue weighted by Gasteiger charge is -2.07. The first kappa shape index (κ1) is 13.5. The van der Waals surface area contributed by atoms with Crippen LogP contribution < -0.4 is 10.1 Å². The molecule has 4 heteroatoms. The van der Waals surface area contributed by atoms with E-state index in [4.69, 9.17) is 4.74 Å². The summed E-state index contributed by atoms with van der Waals surface area (Å²) in [5.41, 5.74) is 0.695. The molecule has 4 nitrogen and oxygen atoms in total. The highest BCUT2D eigenvalue weighted by Gasteiger charge is 2.04. The zero-order chi connectivity index (χ0) is 12.5. The summed E-state index contributed by atoms with van der Waals surface area (Å²) in [6.07, 6.45) is 2.67. The molecule has 0 saturated heterocycles. The molecule has 0 unspecified atom stereocenters. The fourth-order valence-electron chi connectivity index (χ4n) is 1.43. The first-order chi connectivity index (χ1) is 8.29. The van der Waals surface area contributed by atoms with E-state index >= 15 is 0 Å². The molecule has 0 saturated carbocycles. The number of para-hydroxylation sites is 1. The number of hydrogen-bond donors (Lipinski definition) is 2. The predicted molar refractivity (Wildman–Crippen MR) is 70.3 cm³/mol. The summed E-state index contributed by atoms with van der Waals surface area (Å²) in [5, 5.41) is 13.0. The van der Waals surface area contributed by atoms with Crippen LogP contribution in [-0.2, 0) is 0 Å². The van der Waals surface area contributed by atoms with Crippen molar-refractivity contribution in [2.45, 2.75) is 13.3 Å². The SMILES string of the molecule is CCOc1cccc(C=NCCCNC)c1O. The minimum absolute atomic E-state index is 0.159. The molecule has 0 amide bonds. The van der Waals surface area contributed by atoms with Crippen LogP contribution in [-0.4, -0.2) is 38.1 Å². The van der Waals surface area contributed by atoms with Gasteiger partial charge in [-0.2, -0.15) is 0 Å². The number of benzene rings is 1. The van der Waals surface area contributed by atoms with Gasteiger partial charge in [-0.15, -0.1) is 0 Å². The third kappa shape index (κ3) is 4.44. The largest absolute Gasteiger partial charge is 0.504 e. The average Bonchev–Trinajstić information content (AvgIpc) is 2.33. The summed E-state index contributed by atoms with van der Waals surface area (Å²) < 4.78 is 5.30. The topological polar surface area (TPSA) is 53.8 Å². The predicted octanol–water partition coefficient (Wildman–Crippen LogP) is 1.82. The number of ether oxygens (including phenoxy) is 1. The van der Waals surface area contributed by atoms with Crippen molar-refractivity contribution in [2.75, 3.05) is 26.7 Å². The molecule has 0 aliphatic heterocycles. The van der Waals surface area contributed by atoms with Crippen LogP contribution in [0.15, 0.2) is 23.2 Å². The molecule has 17 heavy (non-hydrogen) atoms. The van der Waals surface area contributed by atoms with E-state index < -0.39 is 0 Å². The summed E-state index contributed by atoms with van der Waals surface area (Å²) >= 11 is 0. The Morgan fingerprint density at radius 1 is 1.47 bits per heavy atom. The smallest absolute Gasteiger partial charge is 0.166 e. The van der Waals surface area contributed by atoms with E-state index in [0.29, 0.717) is 17.9 Å². The van der Waals surface area contributed by atoms with Crippen molar-refractivity contribution >= 4 is 6.21 Å². The molecule has 0 atom stereocenters. The Bertz CT molecular complexity index is 364. The highest BCUT2D eigenvalue weighted by atomic mass is 16.5. The summed E-state index contributed by atoms with van der Waals surface area (Å²) in [6.45, 7) is 4.12. The van der Waals surface area contributed by atoms with Gasteiger partial charge >= 0.3 is 0 Å². The molecule has 94 valence electrons. The zero-order valence-electron chi connectivity index (χ0n) is 10.4. The van der Waals surface area contributed by atoms with Gasteiger partial charge in [-0.3, -0.25) is 4.99 Å². The molecule has 1 rings (SSSR count). The maximum atomic E-state index is 9.89. The summed E-state index contributed by atoms with van der Waals surface area (Å²) in [5.74, 6) is 0.665. The number of hydrogen-bond acceptors (Lipinski definition) is 4. The van der Waals surface area contributed by atoms with Gasteiger partial charge in [0, 0.05) is 18.3 Å². The van der Waals surface area contributed by atoms with Crippen LogP contribution in [0.2, 0.25) is 0 Å². The van der Waals surface area contributed by atoms with Crippen molar-refractivity contribution in [3.8, 4) is 11.5 Å². The lowest BCUT2D eigenvalue weighted by Crippen LogP contribution is -2.08. The molecule has 0 radical (unpaired) electrons. The van der Waals surface area contributed by atoms with Gasteiger partial charge in [-0.1, -0.05) is 6.07 Å². The van der Waals surface area contributed by atoms with Crippen molar-refractivity contribution < 1.29 is 9.84 Å². The number of nitrogens with zero attached hydrogens (tertiary/aromatic N) is 1. The maximum Gasteiger partial charge on any atom is 0.166 e. The standard InChI is InChI=1S/C13H20N2O2/c1-3-17-12-7-4-6-11(13(12)16)10-15-9-5-8-14-2/h4,6-7,10,14,16H,3,5,8-9H2,1-2H3. The third-order valence-electron chi connectivity index (χ3n) is 2.27. The first-order valence-electron chi connectivity index (χ1n) is 5.88. The molecule has 0 bridgehead atoms. The van der Waals surface area contributed by atoms with E-state index in [0.717, 1.165) is 19.5 Å². The van der Waals surface area contributed by atoms with E-state index in [1.54, 1.807) is 12.3 Å². The van der Waals surface area contributed by atoms with Crippen LogP contribution in [0, 0.1) is 0 Å². The number of phenols is 1. The molecular formula is C13H20N2O2. The summed E-state index contributed by atoms with van der Waals surface area (Å²) in [6, 6.07) is 5.41. The maximum absolute atomic E-state index is 9.89. The molecule has 0 aliphatic carbocycles. The molecule has 0 spiro atoms. The van der Waals surface area contributed by atoms with Gasteiger partial charge in [0.15, 0.2) is 11.5 Å². The van der Waals surface area contributed by atoms with E-state index in [-0.39, 0.29) is 5.75 Å². The molecule has 1 aromatic rings. The minimum atomic E-state index is 0.159. The van der Waals surface area contributed by atoms with Crippen LogP contribution >= 0.6 is 0 Å². The lowest BCUT2D eigenvalue weighted by atomic mass is 10.2. The van der Waals surface area contributed by atoms with Crippen molar-refractivity contribution in [3.63, 3.8) is 0 Å². The minimum Gasteiger partial charge on any atom is -0.504 e. The number of rotatable bonds is 7. The van der Waals surface area contributed by atoms with Gasteiger partial charge < -0.3 is 15.2 Å². The van der Waals surface area contributed by atoms with Crippen LogP contribution in [0.1, 0.15) is 18.9 Å². The van der Waals surface area contributed by atoms with Gasteiger partial charge in [-0.25, -0.2) is 0 Å². The third-order valence-corrected chi connectivity index (χ3v) is 2.27. The number of nitrogens with one attached hydrogen (secondary N) is 1. The Kier molecular flexibility index (Phi) is 6.10. The molecule has 0 fully saturated rings. The second kappa shape index (κ2) is 7.68. The molecule has 1 aromatic carbocycles. The van der Waals surface area contributed by atoms with Crippen molar-refractivity contribution in [1.29, 1.82) is 0 Å². The molecule has 2 N–H and O–H groups in total. The number of aliphatic imine (C=N–C) groups is 1. The number of phenolic OH excluding ortho intramolecular Hbond substituents is 1. The fourth-order valence-corrected chi connectivity index (χ4v) is 1.43. The van der Waals surface area contributed by atoms with Crippen molar-refractivity contribution in [1.82, 2.24) is 5.32 Å². The van der Waals surface area contributed by atoms with Crippen molar-refractivity contribution in [2.24, 2.45) is 4.99 Å². The van der Waals surface area contributed by atoms with E-state index in [1.165, 1.54) is 0 Å². The molecule has 0 aromatic heterocycles. The van der Waals surface area contributed by atoms with E-state index in [2.05, 4.69) is 10.3 Å². The van der Waals surface area contributed by atoms with Gasteiger partial charge in [0.1, 0.15) is 0 Å².